The summed E-state index contributed by atoms with van der Waals surface area (Å²) >= 11 is 6.31. The molecule has 2 heterocycles. The summed E-state index contributed by atoms with van der Waals surface area (Å²) in [5, 5.41) is -0.0671. The molecule has 1 aromatic heterocycles. The van der Waals surface area contributed by atoms with E-state index in [1.54, 1.807) is 0 Å². The minimum absolute atomic E-state index is 0.0671. The molecule has 2 aromatic rings. The van der Waals surface area contributed by atoms with Gasteiger partial charge >= 0.3 is 0 Å². The summed E-state index contributed by atoms with van der Waals surface area (Å²) < 4.78 is 7.75. The van der Waals surface area contributed by atoms with Crippen LogP contribution in [0.4, 0.5) is 0 Å². The summed E-state index contributed by atoms with van der Waals surface area (Å²) in [6.07, 6.45) is 2.31. The van der Waals surface area contributed by atoms with Gasteiger partial charge in [-0.3, -0.25) is 0 Å². The summed E-state index contributed by atoms with van der Waals surface area (Å²) in [4.78, 5) is 4.70. The minimum atomic E-state index is -0.0671. The lowest BCUT2D eigenvalue weighted by Crippen LogP contribution is -2.09. The zero-order valence-corrected chi connectivity index (χ0v) is 12.9. The average Bonchev–Trinajstić information content (AvgIpc) is 3.03. The maximum Gasteiger partial charge on any atom is 0.127 e. The van der Waals surface area contributed by atoms with E-state index < -0.39 is 0 Å². The number of aromatic nitrogens is 2. The maximum atomic E-state index is 6.31. The number of imidazole rings is 1. The maximum absolute atomic E-state index is 6.31. The van der Waals surface area contributed by atoms with Crippen LogP contribution in [0, 0.1) is 12.8 Å². The molecule has 2 unspecified atom stereocenters. The summed E-state index contributed by atoms with van der Waals surface area (Å²) in [7, 11) is 0. The first-order chi connectivity index (χ1) is 9.65. The van der Waals surface area contributed by atoms with Crippen molar-refractivity contribution in [2.45, 2.75) is 38.6 Å². The van der Waals surface area contributed by atoms with Crippen molar-refractivity contribution in [2.24, 2.45) is 5.92 Å². The van der Waals surface area contributed by atoms with Gasteiger partial charge in [-0.05, 0) is 50.3 Å². The van der Waals surface area contributed by atoms with Crippen LogP contribution in [0.5, 0.6) is 0 Å². The van der Waals surface area contributed by atoms with E-state index in [0.29, 0.717) is 5.92 Å². The molecule has 0 radical (unpaired) electrons. The molecule has 1 fully saturated rings. The highest BCUT2D eigenvalue weighted by Crippen LogP contribution is 2.27. The van der Waals surface area contributed by atoms with Crippen molar-refractivity contribution in [1.82, 2.24) is 9.55 Å². The molecule has 20 heavy (non-hydrogen) atoms. The normalized spacial score (nSPS) is 20.6. The summed E-state index contributed by atoms with van der Waals surface area (Å²) in [5.41, 5.74) is 3.50. The Morgan fingerprint density at radius 2 is 2.35 bits per heavy atom. The van der Waals surface area contributed by atoms with Crippen molar-refractivity contribution in [3.8, 4) is 0 Å². The van der Waals surface area contributed by atoms with Crippen LogP contribution in [0.1, 0.15) is 36.5 Å². The summed E-state index contributed by atoms with van der Waals surface area (Å²) in [6, 6.07) is 6.39. The molecular formula is C16H21ClN2O. The molecule has 108 valence electrons. The van der Waals surface area contributed by atoms with Crippen LogP contribution < -0.4 is 0 Å². The van der Waals surface area contributed by atoms with Crippen molar-refractivity contribution in [3.05, 3.63) is 29.6 Å². The predicted octanol–water partition coefficient (Wildman–Crippen LogP) is 4.07. The molecule has 1 aromatic carbocycles. The van der Waals surface area contributed by atoms with Crippen LogP contribution in [-0.2, 0) is 11.3 Å². The fourth-order valence-corrected chi connectivity index (χ4v) is 3.08. The molecule has 0 bridgehead atoms. The third-order valence-electron chi connectivity index (χ3n) is 4.07. The third-order valence-corrected chi connectivity index (χ3v) is 4.27. The van der Waals surface area contributed by atoms with Gasteiger partial charge in [0.1, 0.15) is 5.82 Å². The Kier molecular flexibility index (Phi) is 3.99. The predicted molar refractivity (Wildman–Crippen MR) is 82.3 cm³/mol. The van der Waals surface area contributed by atoms with Gasteiger partial charge in [-0.1, -0.05) is 6.07 Å². The smallest absolute Gasteiger partial charge is 0.127 e. The standard InChI is InChI=1S/C16H21ClN2O/c1-11-3-4-14-15(9-11)19(16(18-14)12(2)17)7-5-13-6-8-20-10-13/h3-4,9,12-13H,5-8,10H2,1-2H3. The minimum Gasteiger partial charge on any atom is -0.381 e. The van der Waals surface area contributed by atoms with Gasteiger partial charge in [0.25, 0.3) is 0 Å². The van der Waals surface area contributed by atoms with Crippen molar-refractivity contribution < 1.29 is 4.74 Å². The van der Waals surface area contributed by atoms with Gasteiger partial charge in [-0.15, -0.1) is 11.6 Å². The Morgan fingerprint density at radius 3 is 3.05 bits per heavy atom. The highest BCUT2D eigenvalue weighted by atomic mass is 35.5. The number of rotatable bonds is 4. The highest BCUT2D eigenvalue weighted by molar-refractivity contribution is 6.20. The van der Waals surface area contributed by atoms with Crippen LogP contribution in [-0.4, -0.2) is 22.8 Å². The lowest BCUT2D eigenvalue weighted by atomic mass is 10.1. The number of nitrogens with zero attached hydrogens (tertiary/aromatic N) is 2. The van der Waals surface area contributed by atoms with Crippen LogP contribution in [0.3, 0.4) is 0 Å². The first-order valence-electron chi connectivity index (χ1n) is 7.34. The van der Waals surface area contributed by atoms with E-state index in [9.17, 15) is 0 Å². The Labute approximate surface area is 124 Å². The van der Waals surface area contributed by atoms with Crippen molar-refractivity contribution in [3.63, 3.8) is 0 Å². The molecule has 4 heteroatoms. The molecule has 0 amide bonds. The van der Waals surface area contributed by atoms with Gasteiger partial charge in [0.05, 0.1) is 16.4 Å². The lowest BCUT2D eigenvalue weighted by molar-refractivity contribution is 0.183. The van der Waals surface area contributed by atoms with Crippen LogP contribution >= 0.6 is 11.6 Å². The number of halogens is 1. The Balaban J connectivity index is 1.92. The molecular weight excluding hydrogens is 272 g/mol. The van der Waals surface area contributed by atoms with E-state index in [4.69, 9.17) is 21.3 Å². The number of hydrogen-bond acceptors (Lipinski definition) is 2. The summed E-state index contributed by atoms with van der Waals surface area (Å²) in [5.74, 6) is 1.65. The molecule has 0 N–H and O–H groups in total. The molecule has 0 spiro atoms. The number of alkyl halides is 1. The van der Waals surface area contributed by atoms with Gasteiger partial charge in [0.2, 0.25) is 0 Å². The fourth-order valence-electron chi connectivity index (χ4n) is 2.91. The number of fused-ring (bicyclic) bond motifs is 1. The number of benzene rings is 1. The SMILES string of the molecule is Cc1ccc2nc(C(C)Cl)n(CCC3CCOC3)c2c1. The highest BCUT2D eigenvalue weighted by Gasteiger charge is 2.19. The molecule has 0 aliphatic carbocycles. The number of aryl methyl sites for hydroxylation is 2. The second kappa shape index (κ2) is 5.74. The topological polar surface area (TPSA) is 27.1 Å². The van der Waals surface area contributed by atoms with E-state index in [-0.39, 0.29) is 5.38 Å². The Hall–Kier alpha value is -1.06. The van der Waals surface area contributed by atoms with E-state index >= 15 is 0 Å². The van der Waals surface area contributed by atoms with Gasteiger partial charge in [0, 0.05) is 19.8 Å². The van der Waals surface area contributed by atoms with Crippen molar-refractivity contribution in [2.75, 3.05) is 13.2 Å². The summed E-state index contributed by atoms with van der Waals surface area (Å²) in [6.45, 7) is 6.89. The zero-order chi connectivity index (χ0) is 14.1. The molecule has 3 nitrogen and oxygen atoms in total. The average molecular weight is 293 g/mol. The van der Waals surface area contributed by atoms with Gasteiger partial charge in [-0.25, -0.2) is 4.98 Å². The van der Waals surface area contributed by atoms with E-state index in [2.05, 4.69) is 29.7 Å². The third kappa shape index (κ3) is 2.70. The zero-order valence-electron chi connectivity index (χ0n) is 12.1. The molecule has 1 aliphatic heterocycles. The van der Waals surface area contributed by atoms with Gasteiger partial charge < -0.3 is 9.30 Å². The van der Waals surface area contributed by atoms with Crippen LogP contribution in [0.15, 0.2) is 18.2 Å². The van der Waals surface area contributed by atoms with Crippen LogP contribution in [0.25, 0.3) is 11.0 Å². The number of ether oxygens (including phenoxy) is 1. The van der Waals surface area contributed by atoms with Crippen LogP contribution in [0.2, 0.25) is 0 Å². The largest absolute Gasteiger partial charge is 0.381 e. The van der Waals surface area contributed by atoms with E-state index in [1.807, 2.05) is 6.92 Å². The van der Waals surface area contributed by atoms with Crippen molar-refractivity contribution in [1.29, 1.82) is 0 Å². The Bertz CT molecular complexity index is 600. The van der Waals surface area contributed by atoms with Gasteiger partial charge in [0.15, 0.2) is 0 Å². The molecule has 0 saturated carbocycles. The molecule has 1 saturated heterocycles. The fraction of sp³-hybridized carbons (Fsp3) is 0.562. The molecule has 3 rings (SSSR count). The lowest BCUT2D eigenvalue weighted by Gasteiger charge is -2.13. The number of hydrogen-bond donors (Lipinski definition) is 0. The first kappa shape index (κ1) is 13.9. The van der Waals surface area contributed by atoms with E-state index in [1.165, 1.54) is 17.5 Å². The monoisotopic (exact) mass is 292 g/mol. The quantitative estimate of drug-likeness (QED) is 0.794. The van der Waals surface area contributed by atoms with Gasteiger partial charge in [-0.2, -0.15) is 0 Å². The molecule has 2 atom stereocenters. The van der Waals surface area contributed by atoms with Crippen molar-refractivity contribution >= 4 is 22.6 Å². The van der Waals surface area contributed by atoms with E-state index in [0.717, 1.165) is 37.5 Å². The first-order valence-corrected chi connectivity index (χ1v) is 7.77. The Morgan fingerprint density at radius 1 is 1.50 bits per heavy atom. The molecule has 1 aliphatic rings. The second-order valence-corrected chi connectivity index (χ2v) is 6.40. The second-order valence-electron chi connectivity index (χ2n) is 5.75.